The van der Waals surface area contributed by atoms with Gasteiger partial charge in [0.1, 0.15) is 17.2 Å². The van der Waals surface area contributed by atoms with Crippen molar-refractivity contribution in [2.75, 3.05) is 19.0 Å². The summed E-state index contributed by atoms with van der Waals surface area (Å²) in [5, 5.41) is 17.8. The molecule has 6 rings (SSSR count). The van der Waals surface area contributed by atoms with Crippen molar-refractivity contribution in [2.45, 2.75) is 24.9 Å². The lowest BCUT2D eigenvalue weighted by atomic mass is 9.85. The number of nitrogens with zero attached hydrogens (tertiary/aromatic N) is 1. The molecule has 0 aliphatic rings. The molecule has 0 spiro atoms. The predicted octanol–water partition coefficient (Wildman–Crippen LogP) is 8.20. The molecule has 1 atom stereocenters. The lowest BCUT2D eigenvalue weighted by molar-refractivity contribution is -0.274. The molecule has 4 aromatic carbocycles. The average molecular weight is 725 g/mol. The van der Waals surface area contributed by atoms with E-state index in [-0.39, 0.29) is 35.7 Å². The van der Waals surface area contributed by atoms with Gasteiger partial charge in [-0.2, -0.15) is 13.2 Å². The number of carbonyl (C=O) groups excluding carboxylic acids is 1. The number of H-pyrrole nitrogens is 1. The van der Waals surface area contributed by atoms with E-state index in [1.807, 2.05) is 0 Å². The summed E-state index contributed by atoms with van der Waals surface area (Å²) in [6, 6.07) is 20.6. The Labute approximate surface area is 291 Å². The molecule has 0 saturated carbocycles. The van der Waals surface area contributed by atoms with Crippen LogP contribution in [0.4, 0.5) is 36.8 Å². The minimum Gasteiger partial charge on any atom is -0.507 e. The van der Waals surface area contributed by atoms with Crippen molar-refractivity contribution in [2.24, 2.45) is 7.05 Å². The van der Waals surface area contributed by atoms with Crippen molar-refractivity contribution in [3.63, 3.8) is 0 Å². The van der Waals surface area contributed by atoms with Crippen molar-refractivity contribution in [1.82, 2.24) is 14.9 Å². The number of carbonyl (C=O) groups is 1. The SMILES string of the molecule is COc1ccc(C(F)(F)F)cc1NC(=O)NCCc1c(C(c2ccc(OC(F)(F)F)cc2)c2c(O)c3ccccc3n(C)c2=O)[nH]c2ccccc12. The smallest absolute Gasteiger partial charge is 0.507 e. The average Bonchev–Trinajstić information content (AvgIpc) is 3.46. The molecule has 4 N–H and O–H groups in total. The van der Waals surface area contributed by atoms with Crippen LogP contribution < -0.4 is 25.7 Å². The van der Waals surface area contributed by atoms with Gasteiger partial charge in [-0.3, -0.25) is 4.79 Å². The van der Waals surface area contributed by atoms with E-state index in [4.69, 9.17) is 4.74 Å². The van der Waals surface area contributed by atoms with Crippen LogP contribution in [0.5, 0.6) is 17.2 Å². The van der Waals surface area contributed by atoms with Crippen LogP contribution in [0.25, 0.3) is 21.8 Å². The first-order valence-electron chi connectivity index (χ1n) is 15.7. The summed E-state index contributed by atoms with van der Waals surface area (Å²) in [5.41, 5.74) is 0.623. The number of aromatic hydroxyl groups is 1. The number of aromatic nitrogens is 2. The molecule has 0 radical (unpaired) electrons. The number of aryl methyl sites for hydroxylation is 1. The Kier molecular flexibility index (Phi) is 9.53. The Morgan fingerprint density at radius 3 is 2.27 bits per heavy atom. The number of ether oxygens (including phenoxy) is 2. The van der Waals surface area contributed by atoms with Gasteiger partial charge in [-0.15, -0.1) is 13.2 Å². The zero-order valence-electron chi connectivity index (χ0n) is 27.4. The number of para-hydroxylation sites is 2. The summed E-state index contributed by atoms with van der Waals surface area (Å²) in [5.74, 6) is -1.87. The molecule has 2 amide bonds. The maximum atomic E-state index is 14.1. The third-order valence-electron chi connectivity index (χ3n) is 8.62. The number of halogens is 6. The fourth-order valence-electron chi connectivity index (χ4n) is 6.29. The Bertz CT molecular complexity index is 2330. The van der Waals surface area contributed by atoms with Crippen molar-refractivity contribution in [3.8, 4) is 17.2 Å². The summed E-state index contributed by atoms with van der Waals surface area (Å²) < 4.78 is 89.6. The largest absolute Gasteiger partial charge is 0.573 e. The Morgan fingerprint density at radius 1 is 0.923 bits per heavy atom. The second-order valence-electron chi connectivity index (χ2n) is 11.8. The number of pyridine rings is 1. The van der Waals surface area contributed by atoms with Gasteiger partial charge in [0.15, 0.2) is 0 Å². The molecule has 9 nitrogen and oxygen atoms in total. The van der Waals surface area contributed by atoms with E-state index in [0.717, 1.165) is 30.3 Å². The van der Waals surface area contributed by atoms with Crippen LogP contribution in [0.15, 0.2) is 95.8 Å². The van der Waals surface area contributed by atoms with E-state index >= 15 is 0 Å². The molecule has 270 valence electrons. The van der Waals surface area contributed by atoms with E-state index in [0.29, 0.717) is 38.6 Å². The van der Waals surface area contributed by atoms with Gasteiger partial charge in [0.05, 0.1) is 35.4 Å². The lowest BCUT2D eigenvalue weighted by Crippen LogP contribution is -2.31. The van der Waals surface area contributed by atoms with Crippen LogP contribution >= 0.6 is 0 Å². The number of hydrogen-bond acceptors (Lipinski definition) is 5. The van der Waals surface area contributed by atoms with Crippen molar-refractivity contribution >= 4 is 33.5 Å². The van der Waals surface area contributed by atoms with E-state index in [1.165, 1.54) is 23.8 Å². The Balaban J connectivity index is 1.41. The van der Waals surface area contributed by atoms with E-state index < -0.39 is 41.4 Å². The molecule has 52 heavy (non-hydrogen) atoms. The normalized spacial score (nSPS) is 12.5. The van der Waals surface area contributed by atoms with Crippen LogP contribution in [0.3, 0.4) is 0 Å². The number of urea groups is 1. The van der Waals surface area contributed by atoms with Crippen molar-refractivity contribution < 1.29 is 45.7 Å². The molecule has 0 fully saturated rings. The van der Waals surface area contributed by atoms with Crippen molar-refractivity contribution in [1.29, 1.82) is 0 Å². The summed E-state index contributed by atoms with van der Waals surface area (Å²) in [7, 11) is 2.79. The van der Waals surface area contributed by atoms with Gasteiger partial charge in [0, 0.05) is 35.6 Å². The third kappa shape index (κ3) is 7.20. The van der Waals surface area contributed by atoms with Gasteiger partial charge >= 0.3 is 18.6 Å². The summed E-state index contributed by atoms with van der Waals surface area (Å²) in [6.07, 6.45) is -9.48. The molecule has 6 aromatic rings. The number of hydrogen-bond donors (Lipinski definition) is 4. The van der Waals surface area contributed by atoms with Crippen LogP contribution in [-0.4, -0.2) is 40.7 Å². The first kappa shape index (κ1) is 35.7. The molecule has 2 heterocycles. The van der Waals surface area contributed by atoms with E-state index in [2.05, 4.69) is 20.4 Å². The van der Waals surface area contributed by atoms with Crippen LogP contribution in [-0.2, 0) is 19.6 Å². The Morgan fingerprint density at radius 2 is 1.60 bits per heavy atom. The zero-order chi connectivity index (χ0) is 37.4. The molecular weight excluding hydrogens is 694 g/mol. The second kappa shape index (κ2) is 13.9. The monoisotopic (exact) mass is 724 g/mol. The fourth-order valence-corrected chi connectivity index (χ4v) is 6.29. The van der Waals surface area contributed by atoms with Gasteiger partial charge in [0.2, 0.25) is 0 Å². The number of aromatic amines is 1. The van der Waals surface area contributed by atoms with Crippen LogP contribution in [0, 0.1) is 0 Å². The number of anilines is 1. The number of nitrogens with one attached hydrogen (secondary N) is 3. The molecule has 0 saturated heterocycles. The van der Waals surface area contributed by atoms with Crippen LogP contribution in [0.1, 0.15) is 33.9 Å². The highest BCUT2D eigenvalue weighted by Gasteiger charge is 2.34. The number of rotatable bonds is 9. The zero-order valence-corrected chi connectivity index (χ0v) is 27.4. The third-order valence-corrected chi connectivity index (χ3v) is 8.62. The van der Waals surface area contributed by atoms with Gasteiger partial charge in [0.25, 0.3) is 5.56 Å². The van der Waals surface area contributed by atoms with E-state index in [1.54, 1.807) is 55.6 Å². The maximum Gasteiger partial charge on any atom is 0.573 e. The molecule has 15 heteroatoms. The predicted molar refractivity (Wildman–Crippen MR) is 182 cm³/mol. The minimum absolute atomic E-state index is 0.00771. The highest BCUT2D eigenvalue weighted by molar-refractivity contribution is 5.91. The summed E-state index contributed by atoms with van der Waals surface area (Å²) in [6.45, 7) is -0.0469. The van der Waals surface area contributed by atoms with Gasteiger partial charge in [-0.05, 0) is 66.1 Å². The number of amides is 2. The molecule has 2 aromatic heterocycles. The molecule has 0 aliphatic carbocycles. The first-order chi connectivity index (χ1) is 24.7. The fraction of sp³-hybridized carbons (Fsp3) is 0.189. The van der Waals surface area contributed by atoms with E-state index in [9.17, 15) is 41.0 Å². The molecule has 0 aliphatic heterocycles. The second-order valence-corrected chi connectivity index (χ2v) is 11.8. The quantitative estimate of drug-likeness (QED) is 0.112. The Hall–Kier alpha value is -6.12. The molecular formula is C37H30F6N4O5. The number of methoxy groups -OCH3 is 1. The number of benzene rings is 4. The lowest BCUT2D eigenvalue weighted by Gasteiger charge is -2.22. The number of fused-ring (bicyclic) bond motifs is 2. The highest BCUT2D eigenvalue weighted by Crippen LogP contribution is 2.42. The van der Waals surface area contributed by atoms with Crippen molar-refractivity contribution in [3.05, 3.63) is 129 Å². The molecule has 0 bridgehead atoms. The highest BCUT2D eigenvalue weighted by atomic mass is 19.4. The first-order valence-corrected chi connectivity index (χ1v) is 15.7. The summed E-state index contributed by atoms with van der Waals surface area (Å²) >= 11 is 0. The van der Waals surface area contributed by atoms with Gasteiger partial charge in [-0.1, -0.05) is 42.5 Å². The number of alkyl halides is 6. The standard InChI is InChI=1S/C37H30F6N4O5/c1-47-28-10-6-4-8-25(28)33(48)31(34(47)49)30(20-11-14-22(15-12-20)52-37(41,42)43)32-24(23-7-3-5-9-26(23)45-32)17-18-44-35(50)46-27-19-21(36(38,39)40)13-16-29(27)51-2/h3-16,19,30,45,48H,17-18H2,1-2H3,(H2,44,46,50). The van der Waals surface area contributed by atoms with Gasteiger partial charge < -0.3 is 34.8 Å². The topological polar surface area (TPSA) is 118 Å². The van der Waals surface area contributed by atoms with Crippen LogP contribution in [0.2, 0.25) is 0 Å². The molecule has 1 unspecified atom stereocenters. The minimum atomic E-state index is -4.94. The van der Waals surface area contributed by atoms with Gasteiger partial charge in [-0.25, -0.2) is 4.79 Å². The maximum absolute atomic E-state index is 14.1. The summed E-state index contributed by atoms with van der Waals surface area (Å²) in [4.78, 5) is 30.3.